The highest BCUT2D eigenvalue weighted by atomic mass is 31.2. The lowest BCUT2D eigenvalue weighted by Crippen LogP contribution is -2.34. The summed E-state index contributed by atoms with van der Waals surface area (Å²) >= 11 is 0. The van der Waals surface area contributed by atoms with Crippen molar-refractivity contribution in [3.8, 4) is 0 Å². The molecule has 4 aliphatic rings. The summed E-state index contributed by atoms with van der Waals surface area (Å²) in [6, 6.07) is 0. The molecule has 0 N–H and O–H groups in total. The van der Waals surface area contributed by atoms with Crippen molar-refractivity contribution in [2.45, 2.75) is 170 Å². The van der Waals surface area contributed by atoms with Crippen LogP contribution in [0.4, 0.5) is 0 Å². The van der Waals surface area contributed by atoms with E-state index in [0.29, 0.717) is 151 Å². The normalized spacial score (nSPS) is 27.8. The second-order valence-corrected chi connectivity index (χ2v) is 26.3. The van der Waals surface area contributed by atoms with Crippen molar-refractivity contribution in [3.05, 3.63) is 0 Å². The highest BCUT2D eigenvalue weighted by Crippen LogP contribution is 2.55. The third kappa shape index (κ3) is 23.5. The van der Waals surface area contributed by atoms with Gasteiger partial charge in [0.15, 0.2) is 0 Å². The summed E-state index contributed by atoms with van der Waals surface area (Å²) in [7, 11) is -2.75. The largest absolute Gasteiger partial charge is 0.382 e. The van der Waals surface area contributed by atoms with Crippen molar-refractivity contribution < 1.29 is 55.6 Å². The van der Waals surface area contributed by atoms with Gasteiger partial charge in [-0.25, -0.2) is 0 Å². The van der Waals surface area contributed by atoms with Gasteiger partial charge in [0.2, 0.25) is 0 Å². The van der Waals surface area contributed by atoms with E-state index in [1.165, 1.54) is 103 Å². The Kier molecular flexibility index (Phi) is 32.3. The lowest BCUT2D eigenvalue weighted by atomic mass is 9.63. The minimum Gasteiger partial charge on any atom is -0.382 e. The molecule has 414 valence electrons. The second-order valence-electron chi connectivity index (χ2n) is 22.1. The Balaban J connectivity index is 1.51. The molecule has 12 nitrogen and oxygen atoms in total. The summed E-state index contributed by atoms with van der Waals surface area (Å²) in [5.41, 5.74) is 0. The van der Waals surface area contributed by atoms with E-state index in [2.05, 4.69) is 13.8 Å². The second kappa shape index (κ2) is 36.2. The van der Waals surface area contributed by atoms with Gasteiger partial charge in [-0.2, -0.15) is 0 Å². The summed E-state index contributed by atoms with van der Waals surface area (Å²) in [6.45, 7) is 21.1. The van der Waals surface area contributed by atoms with Gasteiger partial charge in [0.1, 0.15) is 0 Å². The average molecular weight is 1040 g/mol. The van der Waals surface area contributed by atoms with Crippen LogP contribution in [0.1, 0.15) is 170 Å². The van der Waals surface area contributed by atoms with Crippen LogP contribution in [0.15, 0.2) is 0 Å². The zero-order valence-electron chi connectivity index (χ0n) is 46.2. The van der Waals surface area contributed by atoms with Crippen LogP contribution in [0.5, 0.6) is 0 Å². The Bertz CT molecular complexity index is 1370. The number of methoxy groups -OCH3 is 2. The molecule has 0 saturated heterocycles. The molecule has 0 amide bonds. The van der Waals surface area contributed by atoms with Crippen molar-refractivity contribution in [3.63, 3.8) is 0 Å². The number of hydrogen-bond acceptors (Lipinski definition) is 12. The summed E-state index contributed by atoms with van der Waals surface area (Å²) < 4.78 is 84.9. The van der Waals surface area contributed by atoms with Crippen molar-refractivity contribution in [1.82, 2.24) is 0 Å². The van der Waals surface area contributed by atoms with E-state index in [-0.39, 0.29) is 0 Å². The Morgan fingerprint density at radius 2 is 0.829 bits per heavy atom. The van der Waals surface area contributed by atoms with Crippen LogP contribution >= 0.6 is 15.2 Å². The van der Waals surface area contributed by atoms with Crippen LogP contribution in [0, 0.1) is 71.0 Å². The maximum absolute atomic E-state index is 13.8. The molecule has 0 spiro atoms. The molecular weight excluding hydrogens is 927 g/mol. The molecular formula is C56H108O12P2. The molecule has 8 unspecified atom stereocenters. The molecule has 0 aromatic rings. The molecule has 0 aromatic carbocycles. The van der Waals surface area contributed by atoms with E-state index in [1.807, 2.05) is 27.7 Å². The third-order valence-corrected chi connectivity index (χ3v) is 21.8. The minimum absolute atomic E-state index is 0.381. The molecule has 0 heterocycles. The highest BCUT2D eigenvalue weighted by molar-refractivity contribution is 7.54. The van der Waals surface area contributed by atoms with Gasteiger partial charge >= 0.3 is 15.2 Å². The molecule has 0 bridgehead atoms. The summed E-state index contributed by atoms with van der Waals surface area (Å²) in [4.78, 5) is 0. The smallest absolute Gasteiger partial charge is 0.330 e. The summed E-state index contributed by atoms with van der Waals surface area (Å²) in [6.07, 6.45) is 25.9. The van der Waals surface area contributed by atoms with Crippen molar-refractivity contribution in [2.75, 3.05) is 119 Å². The van der Waals surface area contributed by atoms with Gasteiger partial charge in [0.05, 0.1) is 91.6 Å². The van der Waals surface area contributed by atoms with E-state index in [9.17, 15) is 9.13 Å². The van der Waals surface area contributed by atoms with Crippen LogP contribution in [-0.4, -0.2) is 119 Å². The first-order valence-electron chi connectivity index (χ1n) is 29.1. The van der Waals surface area contributed by atoms with E-state index < -0.39 is 15.2 Å². The fourth-order valence-electron chi connectivity index (χ4n) is 13.6. The van der Waals surface area contributed by atoms with E-state index in [1.54, 1.807) is 14.2 Å². The van der Waals surface area contributed by atoms with Crippen LogP contribution < -0.4 is 0 Å². The highest BCUT2D eigenvalue weighted by Gasteiger charge is 2.40. The van der Waals surface area contributed by atoms with Crippen molar-refractivity contribution in [2.24, 2.45) is 71.0 Å². The molecule has 0 radical (unpaired) electrons. The molecule has 4 fully saturated rings. The van der Waals surface area contributed by atoms with Crippen LogP contribution in [0.3, 0.4) is 0 Å². The molecule has 4 rings (SSSR count). The van der Waals surface area contributed by atoms with Gasteiger partial charge in [0, 0.05) is 27.4 Å². The quantitative estimate of drug-likeness (QED) is 0.0430. The third-order valence-electron chi connectivity index (χ3n) is 17.2. The van der Waals surface area contributed by atoms with Crippen molar-refractivity contribution >= 4 is 15.2 Å². The van der Waals surface area contributed by atoms with Crippen LogP contribution in [0.2, 0.25) is 0 Å². The first kappa shape index (κ1) is 62.6. The number of ether oxygens (including phenoxy) is 6. The van der Waals surface area contributed by atoms with E-state index in [4.69, 9.17) is 46.5 Å². The monoisotopic (exact) mass is 1030 g/mol. The minimum atomic E-state index is -3.10. The van der Waals surface area contributed by atoms with Gasteiger partial charge in [-0.3, -0.25) is 9.13 Å². The molecule has 8 atom stereocenters. The fraction of sp³-hybridized carbons (Fsp3) is 1.00. The predicted molar refractivity (Wildman–Crippen MR) is 284 cm³/mol. The van der Waals surface area contributed by atoms with Gasteiger partial charge in [-0.15, -0.1) is 0 Å². The van der Waals surface area contributed by atoms with Gasteiger partial charge in [-0.1, -0.05) is 46.0 Å². The zero-order chi connectivity index (χ0) is 50.5. The van der Waals surface area contributed by atoms with Crippen molar-refractivity contribution in [1.29, 1.82) is 0 Å². The van der Waals surface area contributed by atoms with E-state index in [0.717, 1.165) is 50.7 Å². The first-order valence-corrected chi connectivity index (χ1v) is 32.5. The number of hydrogen-bond donors (Lipinski definition) is 0. The molecule has 4 saturated carbocycles. The summed E-state index contributed by atoms with van der Waals surface area (Å²) in [5, 5.41) is 0. The van der Waals surface area contributed by atoms with Gasteiger partial charge in [-0.05, 0) is 195 Å². The predicted octanol–water partition coefficient (Wildman–Crippen LogP) is 14.2. The molecule has 0 aromatic heterocycles. The molecule has 14 heteroatoms. The van der Waals surface area contributed by atoms with Crippen LogP contribution in [-0.2, 0) is 55.6 Å². The SMILES string of the molecule is CCOP(=O)(CC1CCC(C(CC(CC)C2CCCC(CP(=O)(OCC)OCC)C2)CC(CC(C)C2CCCC(COCCOC)C2)C2CCC(COCCOCCOCCOC)CC2)CC1)OCC. The molecule has 0 aliphatic heterocycles. The Morgan fingerprint density at radius 1 is 0.414 bits per heavy atom. The lowest BCUT2D eigenvalue weighted by molar-refractivity contribution is -0.00626. The first-order chi connectivity index (χ1) is 34.0. The lowest BCUT2D eigenvalue weighted by Gasteiger charge is -2.43. The zero-order valence-corrected chi connectivity index (χ0v) is 48.0. The van der Waals surface area contributed by atoms with Gasteiger partial charge < -0.3 is 46.5 Å². The maximum Gasteiger partial charge on any atom is 0.330 e. The van der Waals surface area contributed by atoms with Crippen LogP contribution in [0.25, 0.3) is 0 Å². The molecule has 70 heavy (non-hydrogen) atoms. The van der Waals surface area contributed by atoms with E-state index >= 15 is 0 Å². The Labute approximate surface area is 429 Å². The average Bonchev–Trinajstić information content (AvgIpc) is 3.35. The Hall–Kier alpha value is 0.0600. The Morgan fingerprint density at radius 3 is 1.36 bits per heavy atom. The maximum atomic E-state index is 13.8. The summed E-state index contributed by atoms with van der Waals surface area (Å²) in [5.74, 6) is 7.53. The number of rotatable bonds is 39. The van der Waals surface area contributed by atoms with Gasteiger partial charge in [0.25, 0.3) is 0 Å². The fourth-order valence-corrected chi connectivity index (χ4v) is 17.7. The molecule has 4 aliphatic carbocycles. The standard InChI is InChI=1S/C56H108O12P2/c1-9-50(54-19-15-17-49(38-54)44-70(58,67-12-4)68-13-5)39-56(52-26-22-47(23-27-52)43-69(57,65-10-2)66-11-3)40-55(36-45(6)53-18-14-16-48(37-53)42-63-31-29-60-8)51-24-20-46(21-25-51)41-64-35-34-62-33-32-61-30-28-59-7/h45-56H,9-44H2,1-8H3. The topological polar surface area (TPSA) is 126 Å².